The molecule has 2 aromatic carbocycles. The van der Waals surface area contributed by atoms with Crippen LogP contribution in [0.2, 0.25) is 0 Å². The van der Waals surface area contributed by atoms with E-state index in [0.29, 0.717) is 29.9 Å². The maximum absolute atomic E-state index is 13.0. The van der Waals surface area contributed by atoms with Crippen molar-refractivity contribution < 1.29 is 9.18 Å². The molecule has 0 radical (unpaired) electrons. The van der Waals surface area contributed by atoms with E-state index in [4.69, 9.17) is 0 Å². The molecule has 4 aromatic rings. The van der Waals surface area contributed by atoms with Crippen LogP contribution < -0.4 is 10.9 Å². The van der Waals surface area contributed by atoms with Crippen LogP contribution in [-0.2, 0) is 11.3 Å². The summed E-state index contributed by atoms with van der Waals surface area (Å²) in [4.78, 5) is 33.1. The van der Waals surface area contributed by atoms with Crippen molar-refractivity contribution in [2.45, 2.75) is 19.4 Å². The van der Waals surface area contributed by atoms with Crippen molar-refractivity contribution in [3.05, 3.63) is 89.4 Å². The number of halogens is 1. The van der Waals surface area contributed by atoms with Gasteiger partial charge < -0.3 is 5.32 Å². The van der Waals surface area contributed by atoms with Crippen LogP contribution in [0.5, 0.6) is 0 Å². The molecule has 0 saturated carbocycles. The molecule has 150 valence electrons. The number of amides is 1. The molecular formula is C23H19FN4O2. The Balaban J connectivity index is 1.33. The molecule has 2 aromatic heterocycles. The van der Waals surface area contributed by atoms with Crippen molar-refractivity contribution in [1.82, 2.24) is 14.5 Å². The van der Waals surface area contributed by atoms with Gasteiger partial charge in [-0.3, -0.25) is 19.1 Å². The first-order chi connectivity index (χ1) is 14.6. The number of aryl methyl sites for hydroxylation is 1. The van der Waals surface area contributed by atoms with E-state index in [2.05, 4.69) is 15.3 Å². The molecular weight excluding hydrogens is 383 g/mol. The summed E-state index contributed by atoms with van der Waals surface area (Å²) < 4.78 is 14.5. The lowest BCUT2D eigenvalue weighted by molar-refractivity contribution is -0.116. The molecule has 0 aliphatic rings. The highest BCUT2D eigenvalue weighted by atomic mass is 19.1. The van der Waals surface area contributed by atoms with Gasteiger partial charge in [0, 0.05) is 30.0 Å². The molecule has 30 heavy (non-hydrogen) atoms. The number of hydrogen-bond donors (Lipinski definition) is 1. The number of carbonyl (C=O) groups is 1. The molecule has 0 aliphatic carbocycles. The molecule has 0 saturated heterocycles. The molecule has 1 N–H and O–H groups in total. The third kappa shape index (κ3) is 4.57. The summed E-state index contributed by atoms with van der Waals surface area (Å²) in [6, 6.07) is 16.8. The van der Waals surface area contributed by atoms with Crippen LogP contribution in [0.15, 0.2) is 78.0 Å². The van der Waals surface area contributed by atoms with E-state index in [1.54, 1.807) is 18.3 Å². The van der Waals surface area contributed by atoms with Gasteiger partial charge in [-0.05, 0) is 42.8 Å². The summed E-state index contributed by atoms with van der Waals surface area (Å²) >= 11 is 0. The van der Waals surface area contributed by atoms with Crippen molar-refractivity contribution in [2.24, 2.45) is 0 Å². The number of rotatable bonds is 6. The summed E-state index contributed by atoms with van der Waals surface area (Å²) in [5, 5.41) is 3.79. The van der Waals surface area contributed by atoms with Gasteiger partial charge in [-0.1, -0.05) is 18.2 Å². The smallest absolute Gasteiger partial charge is 0.253 e. The zero-order valence-corrected chi connectivity index (χ0v) is 16.1. The summed E-state index contributed by atoms with van der Waals surface area (Å²) in [6.07, 6.45) is 3.83. The molecule has 0 spiro atoms. The number of nitrogens with zero attached hydrogens (tertiary/aromatic N) is 3. The Morgan fingerprint density at radius 2 is 1.83 bits per heavy atom. The third-order valence-corrected chi connectivity index (χ3v) is 4.70. The summed E-state index contributed by atoms with van der Waals surface area (Å²) in [5.41, 5.74) is 2.44. The molecule has 4 rings (SSSR count). The Hall–Kier alpha value is -3.87. The SMILES string of the molecule is O=C(CCCn1cnc(-c2ccc(F)cc2)cc1=O)Nc1cnc2ccccc2c1. The van der Waals surface area contributed by atoms with E-state index in [1.165, 1.54) is 29.1 Å². The molecule has 0 atom stereocenters. The minimum Gasteiger partial charge on any atom is -0.325 e. The van der Waals surface area contributed by atoms with E-state index >= 15 is 0 Å². The zero-order valence-electron chi connectivity index (χ0n) is 16.1. The van der Waals surface area contributed by atoms with Crippen LogP contribution >= 0.6 is 0 Å². The number of carbonyl (C=O) groups excluding carboxylic acids is 1. The van der Waals surface area contributed by atoms with Crippen LogP contribution in [0, 0.1) is 5.82 Å². The number of para-hydroxylation sites is 1. The van der Waals surface area contributed by atoms with E-state index < -0.39 is 0 Å². The van der Waals surface area contributed by atoms with Gasteiger partial charge >= 0.3 is 0 Å². The molecule has 2 heterocycles. The maximum atomic E-state index is 13.0. The first-order valence-electron chi connectivity index (χ1n) is 9.55. The monoisotopic (exact) mass is 402 g/mol. The van der Waals surface area contributed by atoms with Crippen LogP contribution in [-0.4, -0.2) is 20.4 Å². The number of pyridine rings is 1. The highest BCUT2D eigenvalue weighted by Gasteiger charge is 2.07. The number of fused-ring (bicyclic) bond motifs is 1. The average Bonchev–Trinajstić information content (AvgIpc) is 2.75. The molecule has 1 amide bonds. The van der Waals surface area contributed by atoms with Crippen molar-refractivity contribution in [2.75, 3.05) is 5.32 Å². The van der Waals surface area contributed by atoms with Gasteiger partial charge in [0.05, 0.1) is 29.4 Å². The number of nitrogens with one attached hydrogen (secondary N) is 1. The number of hydrogen-bond acceptors (Lipinski definition) is 4. The van der Waals surface area contributed by atoms with E-state index in [0.717, 1.165) is 10.9 Å². The molecule has 0 fully saturated rings. The minimum absolute atomic E-state index is 0.143. The van der Waals surface area contributed by atoms with E-state index in [1.807, 2.05) is 30.3 Å². The summed E-state index contributed by atoms with van der Waals surface area (Å²) in [5.74, 6) is -0.485. The fourth-order valence-corrected chi connectivity index (χ4v) is 3.15. The predicted molar refractivity (Wildman–Crippen MR) is 113 cm³/mol. The van der Waals surface area contributed by atoms with Gasteiger partial charge in [-0.15, -0.1) is 0 Å². The minimum atomic E-state index is -0.343. The predicted octanol–water partition coefficient (Wildman–Crippen LogP) is 4.02. The van der Waals surface area contributed by atoms with Crippen LogP contribution in [0.25, 0.3) is 22.2 Å². The van der Waals surface area contributed by atoms with Gasteiger partial charge in [-0.25, -0.2) is 9.37 Å². The van der Waals surface area contributed by atoms with Crippen molar-refractivity contribution in [3.63, 3.8) is 0 Å². The summed E-state index contributed by atoms with van der Waals surface area (Å²) in [6.45, 7) is 0.374. The molecule has 7 heteroatoms. The van der Waals surface area contributed by atoms with Crippen LogP contribution in [0.1, 0.15) is 12.8 Å². The fraction of sp³-hybridized carbons (Fsp3) is 0.130. The van der Waals surface area contributed by atoms with Crippen LogP contribution in [0.3, 0.4) is 0 Å². The first kappa shape index (κ1) is 19.4. The normalized spacial score (nSPS) is 10.8. The van der Waals surface area contributed by atoms with Crippen molar-refractivity contribution >= 4 is 22.5 Å². The maximum Gasteiger partial charge on any atom is 0.253 e. The van der Waals surface area contributed by atoms with Gasteiger partial charge in [0.2, 0.25) is 5.91 Å². The van der Waals surface area contributed by atoms with Crippen molar-refractivity contribution in [3.8, 4) is 11.3 Å². The lowest BCUT2D eigenvalue weighted by atomic mass is 10.1. The lowest BCUT2D eigenvalue weighted by Crippen LogP contribution is -2.21. The van der Waals surface area contributed by atoms with Crippen LogP contribution in [0.4, 0.5) is 10.1 Å². The standard InChI is InChI=1S/C23H19FN4O2/c24-18-9-7-16(8-10-18)21-13-23(30)28(15-26-21)11-3-6-22(29)27-19-12-17-4-1-2-5-20(17)25-14-19/h1-2,4-5,7-10,12-15H,3,6,11H2,(H,27,29). The lowest BCUT2D eigenvalue weighted by Gasteiger charge is -2.08. The van der Waals surface area contributed by atoms with Gasteiger partial charge in [0.1, 0.15) is 5.82 Å². The highest BCUT2D eigenvalue weighted by molar-refractivity contribution is 5.93. The first-order valence-corrected chi connectivity index (χ1v) is 9.55. The van der Waals surface area contributed by atoms with Gasteiger partial charge in [0.25, 0.3) is 5.56 Å². The third-order valence-electron chi connectivity index (χ3n) is 4.70. The molecule has 0 bridgehead atoms. The molecule has 0 aliphatic heterocycles. The number of benzene rings is 2. The zero-order chi connectivity index (χ0) is 20.9. The second-order valence-electron chi connectivity index (χ2n) is 6.88. The largest absolute Gasteiger partial charge is 0.325 e. The van der Waals surface area contributed by atoms with Gasteiger partial charge in [-0.2, -0.15) is 0 Å². The van der Waals surface area contributed by atoms with E-state index in [-0.39, 0.29) is 23.7 Å². The Morgan fingerprint density at radius 3 is 2.63 bits per heavy atom. The van der Waals surface area contributed by atoms with Crippen molar-refractivity contribution in [1.29, 1.82) is 0 Å². The van der Waals surface area contributed by atoms with Gasteiger partial charge in [0.15, 0.2) is 0 Å². The quantitative estimate of drug-likeness (QED) is 0.529. The molecule has 6 nitrogen and oxygen atoms in total. The number of anilines is 1. The second-order valence-corrected chi connectivity index (χ2v) is 6.88. The fourth-order valence-electron chi connectivity index (χ4n) is 3.15. The molecule has 0 unspecified atom stereocenters. The summed E-state index contributed by atoms with van der Waals surface area (Å²) in [7, 11) is 0. The Kier molecular flexibility index (Phi) is 5.61. The number of aromatic nitrogens is 3. The average molecular weight is 402 g/mol. The second kappa shape index (κ2) is 8.65. The Morgan fingerprint density at radius 1 is 1.03 bits per heavy atom. The Bertz CT molecular complexity index is 1250. The highest BCUT2D eigenvalue weighted by Crippen LogP contribution is 2.17. The topological polar surface area (TPSA) is 76.9 Å². The van der Waals surface area contributed by atoms with E-state index in [9.17, 15) is 14.0 Å². The Labute approximate surface area is 172 Å².